The second kappa shape index (κ2) is 4.93. The SMILES string of the molecule is Cc1nc(Nc2s[nH]c(=O)c2C#N)cc(C(F)(F)F)n1. The van der Waals surface area contributed by atoms with Gasteiger partial charge in [0.1, 0.15) is 28.4 Å². The number of alkyl halides is 3. The smallest absolute Gasteiger partial charge is 0.329 e. The molecule has 0 bridgehead atoms. The molecule has 0 spiro atoms. The second-order valence-corrected chi connectivity index (χ2v) is 4.47. The first kappa shape index (κ1) is 14.0. The third-order valence-corrected chi connectivity index (χ3v) is 2.98. The predicted octanol–water partition coefficient (Wildman–Crippen LogP) is 2.17. The Bertz CT molecular complexity index is 743. The van der Waals surface area contributed by atoms with Crippen LogP contribution in [0.4, 0.5) is 24.0 Å². The third kappa shape index (κ3) is 2.77. The maximum Gasteiger partial charge on any atom is 0.433 e. The summed E-state index contributed by atoms with van der Waals surface area (Å²) >= 11 is 0.802. The summed E-state index contributed by atoms with van der Waals surface area (Å²) in [6.07, 6.45) is -4.60. The summed E-state index contributed by atoms with van der Waals surface area (Å²) in [6.45, 7) is 1.31. The lowest BCUT2D eigenvalue weighted by Gasteiger charge is -2.09. The molecular formula is C10H6F3N5OS. The summed E-state index contributed by atoms with van der Waals surface area (Å²) in [6, 6.07) is 2.37. The van der Waals surface area contributed by atoms with Gasteiger partial charge in [-0.05, 0) is 18.5 Å². The maximum absolute atomic E-state index is 12.6. The van der Waals surface area contributed by atoms with Crippen molar-refractivity contribution in [2.75, 3.05) is 5.32 Å². The van der Waals surface area contributed by atoms with E-state index in [0.29, 0.717) is 6.07 Å². The molecule has 0 saturated carbocycles. The molecule has 104 valence electrons. The number of H-pyrrole nitrogens is 1. The van der Waals surface area contributed by atoms with Gasteiger partial charge in [-0.1, -0.05) is 0 Å². The minimum Gasteiger partial charge on any atom is -0.329 e. The van der Waals surface area contributed by atoms with E-state index in [0.717, 1.165) is 11.5 Å². The fourth-order valence-corrected chi connectivity index (χ4v) is 2.08. The van der Waals surface area contributed by atoms with Gasteiger partial charge in [0, 0.05) is 6.07 Å². The van der Waals surface area contributed by atoms with Crippen molar-refractivity contribution in [3.63, 3.8) is 0 Å². The first-order valence-corrected chi connectivity index (χ1v) is 5.94. The summed E-state index contributed by atoms with van der Waals surface area (Å²) in [5, 5.41) is 11.4. The number of rotatable bonds is 2. The van der Waals surface area contributed by atoms with Crippen LogP contribution in [-0.4, -0.2) is 14.3 Å². The van der Waals surface area contributed by atoms with E-state index < -0.39 is 17.4 Å². The van der Waals surface area contributed by atoms with Crippen LogP contribution in [0.2, 0.25) is 0 Å². The van der Waals surface area contributed by atoms with Gasteiger partial charge in [-0.25, -0.2) is 9.97 Å². The average molecular weight is 301 g/mol. The summed E-state index contributed by atoms with van der Waals surface area (Å²) in [5.74, 6) is -0.222. The number of aryl methyl sites for hydroxylation is 1. The zero-order valence-corrected chi connectivity index (χ0v) is 10.7. The third-order valence-electron chi connectivity index (χ3n) is 2.18. The number of hydrogen-bond donors (Lipinski definition) is 2. The molecule has 2 aromatic rings. The Morgan fingerprint density at radius 2 is 2.15 bits per heavy atom. The largest absolute Gasteiger partial charge is 0.433 e. The van der Waals surface area contributed by atoms with E-state index in [9.17, 15) is 18.0 Å². The fraction of sp³-hybridized carbons (Fsp3) is 0.200. The maximum atomic E-state index is 12.6. The molecule has 2 N–H and O–H groups in total. The standard InChI is InChI=1S/C10H6F3N5OS/c1-4-15-6(10(11,12)13)2-7(16-4)17-9-5(3-14)8(19)18-20-9/h2H,1H3,(H,18,19)(H,15,16,17). The molecule has 0 aliphatic rings. The Hall–Kier alpha value is -2.41. The minimum atomic E-state index is -4.60. The molecule has 0 atom stereocenters. The Morgan fingerprint density at radius 1 is 1.45 bits per heavy atom. The van der Waals surface area contributed by atoms with Crippen LogP contribution in [0.5, 0.6) is 0 Å². The number of hydrogen-bond acceptors (Lipinski definition) is 6. The number of nitrogens with one attached hydrogen (secondary N) is 2. The van der Waals surface area contributed by atoms with Gasteiger partial charge in [0.25, 0.3) is 5.56 Å². The molecule has 10 heteroatoms. The van der Waals surface area contributed by atoms with Gasteiger partial charge in [-0.15, -0.1) is 0 Å². The van der Waals surface area contributed by atoms with Gasteiger partial charge in [0.05, 0.1) is 0 Å². The van der Waals surface area contributed by atoms with Crippen LogP contribution in [0.15, 0.2) is 10.9 Å². The predicted molar refractivity (Wildman–Crippen MR) is 64.7 cm³/mol. The van der Waals surface area contributed by atoms with Gasteiger partial charge in [0.2, 0.25) is 0 Å². The molecule has 20 heavy (non-hydrogen) atoms. The number of aromatic nitrogens is 3. The molecule has 2 heterocycles. The van der Waals surface area contributed by atoms with E-state index in [-0.39, 0.29) is 22.2 Å². The van der Waals surface area contributed by atoms with E-state index in [1.165, 1.54) is 6.92 Å². The Morgan fingerprint density at radius 3 is 2.75 bits per heavy atom. The summed E-state index contributed by atoms with van der Waals surface area (Å²) in [5.41, 5.74) is -1.92. The molecule has 6 nitrogen and oxygen atoms in total. The molecule has 0 saturated heterocycles. The number of aromatic amines is 1. The molecule has 0 fully saturated rings. The quantitative estimate of drug-likeness (QED) is 0.886. The molecule has 0 aliphatic carbocycles. The first-order valence-electron chi connectivity index (χ1n) is 5.12. The van der Waals surface area contributed by atoms with Crippen molar-refractivity contribution in [3.8, 4) is 6.07 Å². The van der Waals surface area contributed by atoms with Crippen molar-refractivity contribution < 1.29 is 13.2 Å². The molecule has 0 unspecified atom stereocenters. The molecule has 2 rings (SSSR count). The van der Waals surface area contributed by atoms with Crippen molar-refractivity contribution >= 4 is 22.4 Å². The summed E-state index contributed by atoms with van der Waals surface area (Å²) in [7, 11) is 0. The zero-order valence-electron chi connectivity index (χ0n) is 9.87. The minimum absolute atomic E-state index is 0.0799. The van der Waals surface area contributed by atoms with E-state index in [1.807, 2.05) is 0 Å². The topological polar surface area (TPSA) is 94.5 Å². The van der Waals surface area contributed by atoms with Crippen LogP contribution < -0.4 is 10.9 Å². The number of halogens is 3. The van der Waals surface area contributed by atoms with E-state index >= 15 is 0 Å². The second-order valence-electron chi connectivity index (χ2n) is 3.66. The summed E-state index contributed by atoms with van der Waals surface area (Å²) in [4.78, 5) is 18.3. The van der Waals surface area contributed by atoms with Gasteiger partial charge in [-0.2, -0.15) is 18.4 Å². The lowest BCUT2D eigenvalue weighted by molar-refractivity contribution is -0.141. The van der Waals surface area contributed by atoms with E-state index in [1.54, 1.807) is 6.07 Å². The monoisotopic (exact) mass is 301 g/mol. The zero-order chi connectivity index (χ0) is 14.9. The van der Waals surface area contributed by atoms with Crippen molar-refractivity contribution in [2.24, 2.45) is 0 Å². The average Bonchev–Trinajstić information content (AvgIpc) is 2.68. The Labute approximate surface area is 114 Å². The van der Waals surface area contributed by atoms with Crippen LogP contribution in [0.25, 0.3) is 0 Å². The van der Waals surface area contributed by atoms with Gasteiger partial charge < -0.3 is 5.32 Å². The fourth-order valence-electron chi connectivity index (χ4n) is 1.39. The van der Waals surface area contributed by atoms with Crippen molar-refractivity contribution in [2.45, 2.75) is 13.1 Å². The van der Waals surface area contributed by atoms with Gasteiger partial charge in [-0.3, -0.25) is 9.17 Å². The Kier molecular flexibility index (Phi) is 3.46. The molecule has 2 aromatic heterocycles. The molecule has 0 amide bonds. The van der Waals surface area contributed by atoms with Crippen LogP contribution in [0.1, 0.15) is 17.1 Å². The van der Waals surface area contributed by atoms with Gasteiger partial charge in [0.15, 0.2) is 5.56 Å². The van der Waals surface area contributed by atoms with Crippen LogP contribution in [0.3, 0.4) is 0 Å². The lowest BCUT2D eigenvalue weighted by Crippen LogP contribution is -2.11. The highest BCUT2D eigenvalue weighted by molar-refractivity contribution is 7.10. The van der Waals surface area contributed by atoms with Crippen LogP contribution >= 0.6 is 11.5 Å². The van der Waals surface area contributed by atoms with Gasteiger partial charge >= 0.3 is 6.18 Å². The summed E-state index contributed by atoms with van der Waals surface area (Å²) < 4.78 is 40.1. The van der Waals surface area contributed by atoms with Crippen molar-refractivity contribution in [1.82, 2.24) is 14.3 Å². The molecule has 0 aliphatic heterocycles. The number of anilines is 2. The Balaban J connectivity index is 2.42. The van der Waals surface area contributed by atoms with E-state index in [2.05, 4.69) is 19.7 Å². The molecule has 0 radical (unpaired) electrons. The lowest BCUT2D eigenvalue weighted by atomic mass is 10.3. The van der Waals surface area contributed by atoms with Crippen LogP contribution in [-0.2, 0) is 6.18 Å². The number of nitriles is 1. The van der Waals surface area contributed by atoms with Crippen molar-refractivity contribution in [1.29, 1.82) is 5.26 Å². The number of nitrogens with zero attached hydrogens (tertiary/aromatic N) is 3. The highest BCUT2D eigenvalue weighted by Crippen LogP contribution is 2.30. The normalized spacial score (nSPS) is 11.2. The molecule has 0 aromatic carbocycles. The first-order chi connectivity index (χ1) is 9.31. The highest BCUT2D eigenvalue weighted by atomic mass is 32.1. The van der Waals surface area contributed by atoms with Crippen molar-refractivity contribution in [3.05, 3.63) is 33.5 Å². The van der Waals surface area contributed by atoms with Crippen LogP contribution in [0, 0.1) is 18.3 Å². The van der Waals surface area contributed by atoms with E-state index in [4.69, 9.17) is 5.26 Å². The highest BCUT2D eigenvalue weighted by Gasteiger charge is 2.33. The molecular weight excluding hydrogens is 295 g/mol.